The highest BCUT2D eigenvalue weighted by Crippen LogP contribution is 2.18. The van der Waals surface area contributed by atoms with E-state index in [-0.39, 0.29) is 12.3 Å². The first-order valence-corrected chi connectivity index (χ1v) is 15.4. The van der Waals surface area contributed by atoms with Crippen LogP contribution >= 0.6 is 0 Å². The van der Waals surface area contributed by atoms with E-state index in [4.69, 9.17) is 0 Å². The molecule has 0 saturated carbocycles. The SMILES string of the molecule is CCCCC/C=C/CCCCCN(C(=O)CCCCCCCCCCCCCCC)C(O)(O)CC. The van der Waals surface area contributed by atoms with E-state index in [2.05, 4.69) is 26.0 Å². The maximum atomic E-state index is 12.7. The first kappa shape index (κ1) is 34.1. The van der Waals surface area contributed by atoms with Crippen molar-refractivity contribution in [3.05, 3.63) is 12.2 Å². The normalized spacial score (nSPS) is 12.0. The Kier molecular flexibility index (Phi) is 24.2. The van der Waals surface area contributed by atoms with Crippen LogP contribution in [0, 0.1) is 0 Å². The molecule has 0 atom stereocenters. The third-order valence-electron chi connectivity index (χ3n) is 7.10. The van der Waals surface area contributed by atoms with Crippen LogP contribution in [0.5, 0.6) is 0 Å². The molecule has 0 aromatic rings. The molecule has 35 heavy (non-hydrogen) atoms. The number of aliphatic hydroxyl groups is 2. The fraction of sp³-hybridized carbons (Fsp3) is 0.903. The Morgan fingerprint density at radius 1 is 0.600 bits per heavy atom. The summed E-state index contributed by atoms with van der Waals surface area (Å²) < 4.78 is 0. The topological polar surface area (TPSA) is 60.8 Å². The summed E-state index contributed by atoms with van der Waals surface area (Å²) in [6.45, 7) is 6.64. The molecule has 2 N–H and O–H groups in total. The standard InChI is InChI=1S/C31H61NO3/c1-4-7-9-11-13-15-17-18-19-20-22-24-26-28-30(33)32(31(34,35)6-3)29-27-25-23-21-16-14-12-10-8-5-2/h14,16,34-35H,4-13,15,17-29H2,1-3H3/b16-14+. The predicted molar refractivity (Wildman–Crippen MR) is 151 cm³/mol. The molecule has 0 unspecified atom stereocenters. The van der Waals surface area contributed by atoms with Crippen molar-refractivity contribution in [1.82, 2.24) is 4.90 Å². The fourth-order valence-corrected chi connectivity index (χ4v) is 4.58. The summed E-state index contributed by atoms with van der Waals surface area (Å²) in [7, 11) is 0. The van der Waals surface area contributed by atoms with Crippen LogP contribution in [-0.4, -0.2) is 33.5 Å². The number of hydrogen-bond donors (Lipinski definition) is 2. The van der Waals surface area contributed by atoms with Gasteiger partial charge in [-0.2, -0.15) is 0 Å². The molecule has 0 aliphatic rings. The van der Waals surface area contributed by atoms with E-state index in [1.54, 1.807) is 6.92 Å². The molecule has 0 aromatic carbocycles. The van der Waals surface area contributed by atoms with Crippen molar-refractivity contribution in [2.45, 2.75) is 174 Å². The van der Waals surface area contributed by atoms with Gasteiger partial charge in [0.1, 0.15) is 0 Å². The molecule has 0 aliphatic carbocycles. The second kappa shape index (κ2) is 24.8. The van der Waals surface area contributed by atoms with E-state index in [9.17, 15) is 15.0 Å². The van der Waals surface area contributed by atoms with Gasteiger partial charge in [-0.3, -0.25) is 9.69 Å². The summed E-state index contributed by atoms with van der Waals surface area (Å²) in [5.74, 6) is -2.14. The lowest BCUT2D eigenvalue weighted by Crippen LogP contribution is -2.52. The second-order valence-electron chi connectivity index (χ2n) is 10.5. The van der Waals surface area contributed by atoms with Crippen LogP contribution in [-0.2, 0) is 4.79 Å². The number of carbonyl (C=O) groups excluding carboxylic acids is 1. The van der Waals surface area contributed by atoms with Crippen LogP contribution in [0.4, 0.5) is 0 Å². The Morgan fingerprint density at radius 2 is 1.00 bits per heavy atom. The quantitative estimate of drug-likeness (QED) is 0.0714. The number of unbranched alkanes of at least 4 members (excludes halogenated alkanes) is 18. The molecule has 0 radical (unpaired) electrons. The molecule has 0 bridgehead atoms. The zero-order valence-corrected chi connectivity index (χ0v) is 23.9. The number of allylic oxidation sites excluding steroid dienone is 2. The molecule has 0 aliphatic heterocycles. The summed E-state index contributed by atoms with van der Waals surface area (Å²) in [5, 5.41) is 20.7. The number of rotatable bonds is 26. The Balaban J connectivity index is 3.91. The van der Waals surface area contributed by atoms with Gasteiger partial charge < -0.3 is 10.2 Å². The summed E-state index contributed by atoms with van der Waals surface area (Å²) in [4.78, 5) is 14.0. The maximum Gasteiger partial charge on any atom is 0.248 e. The van der Waals surface area contributed by atoms with Gasteiger partial charge in [-0.15, -0.1) is 0 Å². The lowest BCUT2D eigenvalue weighted by Gasteiger charge is -2.34. The van der Waals surface area contributed by atoms with Crippen molar-refractivity contribution in [1.29, 1.82) is 0 Å². The lowest BCUT2D eigenvalue weighted by molar-refractivity contribution is -0.258. The minimum Gasteiger partial charge on any atom is -0.349 e. The highest BCUT2D eigenvalue weighted by molar-refractivity contribution is 5.76. The summed E-state index contributed by atoms with van der Waals surface area (Å²) in [6, 6.07) is 0. The average molecular weight is 496 g/mol. The summed E-state index contributed by atoms with van der Waals surface area (Å²) in [5.41, 5.74) is 0. The van der Waals surface area contributed by atoms with Crippen molar-refractivity contribution in [2.75, 3.05) is 6.54 Å². The summed E-state index contributed by atoms with van der Waals surface area (Å²) in [6.07, 6.45) is 30.7. The highest BCUT2D eigenvalue weighted by atomic mass is 16.5. The Hall–Kier alpha value is -0.870. The predicted octanol–water partition coefficient (Wildman–Crippen LogP) is 9.04. The summed E-state index contributed by atoms with van der Waals surface area (Å²) >= 11 is 0. The monoisotopic (exact) mass is 495 g/mol. The van der Waals surface area contributed by atoms with Crippen LogP contribution in [0.25, 0.3) is 0 Å². The molecule has 0 fully saturated rings. The van der Waals surface area contributed by atoms with Gasteiger partial charge in [0.25, 0.3) is 0 Å². The van der Waals surface area contributed by atoms with Crippen LogP contribution in [0.3, 0.4) is 0 Å². The first-order valence-electron chi connectivity index (χ1n) is 15.4. The van der Waals surface area contributed by atoms with Gasteiger partial charge >= 0.3 is 0 Å². The molecular formula is C31H61NO3. The third kappa shape index (κ3) is 21.0. The Labute approximate surface area is 219 Å². The zero-order valence-electron chi connectivity index (χ0n) is 23.9. The smallest absolute Gasteiger partial charge is 0.248 e. The van der Waals surface area contributed by atoms with Crippen LogP contribution in [0.2, 0.25) is 0 Å². The van der Waals surface area contributed by atoms with E-state index in [1.807, 2.05) is 0 Å². The number of amides is 1. The van der Waals surface area contributed by atoms with Crippen LogP contribution < -0.4 is 0 Å². The van der Waals surface area contributed by atoms with E-state index < -0.39 is 5.91 Å². The third-order valence-corrected chi connectivity index (χ3v) is 7.10. The number of nitrogens with zero attached hydrogens (tertiary/aromatic N) is 1. The first-order chi connectivity index (χ1) is 17.0. The molecule has 0 heterocycles. The van der Waals surface area contributed by atoms with E-state index in [0.29, 0.717) is 13.0 Å². The van der Waals surface area contributed by atoms with E-state index in [1.165, 1.54) is 101 Å². The minimum absolute atomic E-state index is 0.115. The molecule has 1 amide bonds. The van der Waals surface area contributed by atoms with Gasteiger partial charge in [-0.1, -0.05) is 129 Å². The molecular weight excluding hydrogens is 434 g/mol. The molecule has 0 aromatic heterocycles. The molecule has 4 heteroatoms. The van der Waals surface area contributed by atoms with Crippen molar-refractivity contribution < 1.29 is 15.0 Å². The van der Waals surface area contributed by atoms with Gasteiger partial charge in [-0.05, 0) is 38.5 Å². The second-order valence-corrected chi connectivity index (χ2v) is 10.5. The molecule has 4 nitrogen and oxygen atoms in total. The maximum absolute atomic E-state index is 12.7. The minimum atomic E-state index is -2.02. The molecule has 0 rings (SSSR count). The van der Waals surface area contributed by atoms with Crippen molar-refractivity contribution >= 4 is 5.91 Å². The van der Waals surface area contributed by atoms with Crippen molar-refractivity contribution in [2.24, 2.45) is 0 Å². The molecule has 0 spiro atoms. The molecule has 0 saturated heterocycles. The van der Waals surface area contributed by atoms with E-state index >= 15 is 0 Å². The molecule has 208 valence electrons. The van der Waals surface area contributed by atoms with Gasteiger partial charge in [0.15, 0.2) is 0 Å². The lowest BCUT2D eigenvalue weighted by atomic mass is 10.0. The Bertz CT molecular complexity index is 490. The van der Waals surface area contributed by atoms with Crippen molar-refractivity contribution in [3.8, 4) is 0 Å². The zero-order chi connectivity index (χ0) is 26.0. The fourth-order valence-electron chi connectivity index (χ4n) is 4.58. The Morgan fingerprint density at radius 3 is 1.49 bits per heavy atom. The largest absolute Gasteiger partial charge is 0.349 e. The van der Waals surface area contributed by atoms with Gasteiger partial charge in [0.2, 0.25) is 11.8 Å². The van der Waals surface area contributed by atoms with E-state index in [0.717, 1.165) is 38.5 Å². The number of hydrogen-bond acceptors (Lipinski definition) is 3. The van der Waals surface area contributed by atoms with Gasteiger partial charge in [0.05, 0.1) is 0 Å². The van der Waals surface area contributed by atoms with Crippen LogP contribution in [0.15, 0.2) is 12.2 Å². The average Bonchev–Trinajstić information content (AvgIpc) is 2.85. The van der Waals surface area contributed by atoms with Crippen molar-refractivity contribution in [3.63, 3.8) is 0 Å². The van der Waals surface area contributed by atoms with Gasteiger partial charge in [-0.25, -0.2) is 0 Å². The number of carbonyl (C=O) groups is 1. The van der Waals surface area contributed by atoms with Gasteiger partial charge in [0, 0.05) is 19.4 Å². The van der Waals surface area contributed by atoms with Crippen LogP contribution in [0.1, 0.15) is 168 Å². The highest BCUT2D eigenvalue weighted by Gasteiger charge is 2.32.